The molecule has 5 heteroatoms. The first-order chi connectivity index (χ1) is 7.08. The van der Waals surface area contributed by atoms with Gasteiger partial charge in [-0.15, -0.1) is 0 Å². The molecule has 0 saturated heterocycles. The van der Waals surface area contributed by atoms with E-state index >= 15 is 0 Å². The van der Waals surface area contributed by atoms with Crippen molar-refractivity contribution in [2.45, 2.75) is 27.3 Å². The summed E-state index contributed by atoms with van der Waals surface area (Å²) in [6, 6.07) is 0. The Kier molecular flexibility index (Phi) is 2.61. The molecular formula is C10H13ClN4. The molecule has 80 valence electrons. The highest BCUT2D eigenvalue weighted by atomic mass is 35.5. The Hall–Kier alpha value is -1.16. The number of rotatable bonds is 2. The van der Waals surface area contributed by atoms with Crippen LogP contribution in [0.15, 0.2) is 6.33 Å². The maximum absolute atomic E-state index is 6.08. The Balaban J connectivity index is 2.58. The molecule has 0 spiro atoms. The van der Waals surface area contributed by atoms with Crippen molar-refractivity contribution in [3.63, 3.8) is 0 Å². The summed E-state index contributed by atoms with van der Waals surface area (Å²) < 4.78 is 2.00. The zero-order valence-electron chi connectivity index (χ0n) is 9.03. The third-order valence-electron chi connectivity index (χ3n) is 2.10. The Morgan fingerprint density at radius 2 is 2.13 bits per heavy atom. The molecule has 0 amide bonds. The van der Waals surface area contributed by atoms with Gasteiger partial charge in [0.1, 0.15) is 11.3 Å². The molecular weight excluding hydrogens is 212 g/mol. The van der Waals surface area contributed by atoms with Gasteiger partial charge in [0.2, 0.25) is 0 Å². The summed E-state index contributed by atoms with van der Waals surface area (Å²) in [5, 5.41) is 0.482. The lowest BCUT2D eigenvalue weighted by Gasteiger charge is -2.07. The monoisotopic (exact) mass is 224 g/mol. The fourth-order valence-electron chi connectivity index (χ4n) is 1.57. The van der Waals surface area contributed by atoms with E-state index in [1.165, 1.54) is 0 Å². The third-order valence-corrected chi connectivity index (χ3v) is 2.37. The fourth-order valence-corrected chi connectivity index (χ4v) is 1.88. The van der Waals surface area contributed by atoms with Gasteiger partial charge in [0.25, 0.3) is 0 Å². The maximum atomic E-state index is 6.08. The molecule has 0 fully saturated rings. The zero-order valence-corrected chi connectivity index (χ0v) is 9.78. The molecule has 2 aromatic heterocycles. The molecule has 2 rings (SSSR count). The van der Waals surface area contributed by atoms with Gasteiger partial charge in [0.05, 0.1) is 6.33 Å². The zero-order chi connectivity index (χ0) is 11.0. The number of hydrogen-bond acceptors (Lipinski definition) is 3. The van der Waals surface area contributed by atoms with Gasteiger partial charge in [-0.2, -0.15) is 0 Å². The van der Waals surface area contributed by atoms with E-state index < -0.39 is 0 Å². The number of aryl methyl sites for hydroxylation is 1. The van der Waals surface area contributed by atoms with Gasteiger partial charge in [0, 0.05) is 6.54 Å². The topological polar surface area (TPSA) is 43.6 Å². The van der Waals surface area contributed by atoms with Crippen molar-refractivity contribution < 1.29 is 0 Å². The Morgan fingerprint density at radius 3 is 2.80 bits per heavy atom. The van der Waals surface area contributed by atoms with Gasteiger partial charge in [-0.1, -0.05) is 25.4 Å². The standard InChI is InChI=1S/C10H13ClN4/c1-6(2)4-15-5-12-10-8(15)9(11)13-7(3)14-10/h5-6H,4H2,1-3H3. The van der Waals surface area contributed by atoms with E-state index in [1.807, 2.05) is 11.5 Å². The Morgan fingerprint density at radius 1 is 1.40 bits per heavy atom. The van der Waals surface area contributed by atoms with E-state index in [0.29, 0.717) is 22.5 Å². The van der Waals surface area contributed by atoms with Crippen LogP contribution >= 0.6 is 11.6 Å². The second-order valence-corrected chi connectivity index (χ2v) is 4.38. The predicted octanol–water partition coefficient (Wildman–Crippen LogP) is 2.44. The lowest BCUT2D eigenvalue weighted by molar-refractivity contribution is 0.532. The molecule has 0 aliphatic rings. The van der Waals surface area contributed by atoms with Gasteiger partial charge in [0.15, 0.2) is 10.8 Å². The summed E-state index contributed by atoms with van der Waals surface area (Å²) in [7, 11) is 0. The summed E-state index contributed by atoms with van der Waals surface area (Å²) in [6.45, 7) is 6.99. The van der Waals surface area contributed by atoms with Gasteiger partial charge in [-0.25, -0.2) is 15.0 Å². The summed E-state index contributed by atoms with van der Waals surface area (Å²) in [4.78, 5) is 12.6. The van der Waals surface area contributed by atoms with Gasteiger partial charge >= 0.3 is 0 Å². The van der Waals surface area contributed by atoms with Crippen LogP contribution in [0.4, 0.5) is 0 Å². The van der Waals surface area contributed by atoms with E-state index in [2.05, 4.69) is 28.8 Å². The van der Waals surface area contributed by atoms with Crippen LogP contribution in [0.2, 0.25) is 5.15 Å². The molecule has 0 N–H and O–H groups in total. The molecule has 0 aliphatic heterocycles. The number of aromatic nitrogens is 4. The second kappa shape index (κ2) is 3.77. The molecule has 2 heterocycles. The minimum Gasteiger partial charge on any atom is -0.326 e. The fraction of sp³-hybridized carbons (Fsp3) is 0.500. The van der Waals surface area contributed by atoms with Crippen molar-refractivity contribution in [1.82, 2.24) is 19.5 Å². The molecule has 0 radical (unpaired) electrons. The number of hydrogen-bond donors (Lipinski definition) is 0. The molecule has 0 atom stereocenters. The van der Waals surface area contributed by atoms with Gasteiger partial charge in [-0.3, -0.25) is 0 Å². The number of fused-ring (bicyclic) bond motifs is 1. The number of imidazole rings is 1. The van der Waals surface area contributed by atoms with Crippen molar-refractivity contribution in [2.24, 2.45) is 5.92 Å². The van der Waals surface area contributed by atoms with Crippen molar-refractivity contribution in [2.75, 3.05) is 0 Å². The van der Waals surface area contributed by atoms with E-state index in [0.717, 1.165) is 12.1 Å². The van der Waals surface area contributed by atoms with Crippen molar-refractivity contribution in [1.29, 1.82) is 0 Å². The van der Waals surface area contributed by atoms with Crippen molar-refractivity contribution in [3.05, 3.63) is 17.3 Å². The van der Waals surface area contributed by atoms with Crippen LogP contribution < -0.4 is 0 Å². The van der Waals surface area contributed by atoms with E-state index in [-0.39, 0.29) is 0 Å². The van der Waals surface area contributed by atoms with Crippen LogP contribution in [-0.2, 0) is 6.54 Å². The van der Waals surface area contributed by atoms with E-state index in [4.69, 9.17) is 11.6 Å². The van der Waals surface area contributed by atoms with Crippen LogP contribution in [0.5, 0.6) is 0 Å². The normalized spacial score (nSPS) is 11.5. The molecule has 0 bridgehead atoms. The lowest BCUT2D eigenvalue weighted by atomic mass is 10.2. The lowest BCUT2D eigenvalue weighted by Crippen LogP contribution is -2.03. The van der Waals surface area contributed by atoms with Crippen LogP contribution in [-0.4, -0.2) is 19.5 Å². The first-order valence-corrected chi connectivity index (χ1v) is 5.30. The smallest absolute Gasteiger partial charge is 0.182 e. The highest BCUT2D eigenvalue weighted by Crippen LogP contribution is 2.20. The van der Waals surface area contributed by atoms with Gasteiger partial charge in [-0.05, 0) is 12.8 Å². The molecule has 15 heavy (non-hydrogen) atoms. The molecule has 0 aliphatic carbocycles. The maximum Gasteiger partial charge on any atom is 0.182 e. The highest BCUT2D eigenvalue weighted by molar-refractivity contribution is 6.33. The minimum atomic E-state index is 0.482. The van der Waals surface area contributed by atoms with Crippen LogP contribution in [0.1, 0.15) is 19.7 Å². The van der Waals surface area contributed by atoms with E-state index in [9.17, 15) is 0 Å². The molecule has 0 saturated carbocycles. The van der Waals surface area contributed by atoms with Crippen LogP contribution in [0.25, 0.3) is 11.2 Å². The second-order valence-electron chi connectivity index (χ2n) is 4.02. The number of nitrogens with zero attached hydrogens (tertiary/aromatic N) is 4. The summed E-state index contributed by atoms with van der Waals surface area (Å²) in [5.74, 6) is 1.20. The molecule has 0 unspecified atom stereocenters. The Labute approximate surface area is 93.3 Å². The average molecular weight is 225 g/mol. The minimum absolute atomic E-state index is 0.482. The summed E-state index contributed by atoms with van der Waals surface area (Å²) in [5.41, 5.74) is 1.50. The Bertz CT molecular complexity index is 489. The van der Waals surface area contributed by atoms with Crippen molar-refractivity contribution >= 4 is 22.8 Å². The van der Waals surface area contributed by atoms with Gasteiger partial charge < -0.3 is 4.57 Å². The molecule has 2 aromatic rings. The quantitative estimate of drug-likeness (QED) is 0.736. The first kappa shape index (κ1) is 10.4. The largest absolute Gasteiger partial charge is 0.326 e. The first-order valence-electron chi connectivity index (χ1n) is 4.93. The number of halogens is 1. The van der Waals surface area contributed by atoms with E-state index in [1.54, 1.807) is 6.33 Å². The molecule has 0 aromatic carbocycles. The predicted molar refractivity (Wildman–Crippen MR) is 59.9 cm³/mol. The summed E-state index contributed by atoms with van der Waals surface area (Å²) >= 11 is 6.08. The highest BCUT2D eigenvalue weighted by Gasteiger charge is 2.10. The summed E-state index contributed by atoms with van der Waals surface area (Å²) in [6.07, 6.45) is 1.77. The molecule has 4 nitrogen and oxygen atoms in total. The SMILES string of the molecule is Cc1nc(Cl)c2c(ncn2CC(C)C)n1. The van der Waals surface area contributed by atoms with Crippen LogP contribution in [0, 0.1) is 12.8 Å². The third kappa shape index (κ3) is 1.95. The average Bonchev–Trinajstić information content (AvgIpc) is 2.46. The van der Waals surface area contributed by atoms with Crippen LogP contribution in [0.3, 0.4) is 0 Å². The van der Waals surface area contributed by atoms with Crippen molar-refractivity contribution in [3.8, 4) is 0 Å².